The van der Waals surface area contributed by atoms with E-state index in [1.54, 1.807) is 0 Å². The highest BCUT2D eigenvalue weighted by Crippen LogP contribution is 2.47. The van der Waals surface area contributed by atoms with Crippen LogP contribution < -0.4 is 9.80 Å². The van der Waals surface area contributed by atoms with Gasteiger partial charge in [0.15, 0.2) is 0 Å². The summed E-state index contributed by atoms with van der Waals surface area (Å²) in [5.41, 5.74) is 6.63. The number of benzene rings is 10. The maximum absolute atomic E-state index is 2.43. The highest BCUT2D eigenvalue weighted by atomic mass is 15.2. The average molecular weight is 663 g/mol. The van der Waals surface area contributed by atoms with E-state index in [0.717, 1.165) is 34.1 Å². The third-order valence-corrected chi connectivity index (χ3v) is 10.3. The Labute approximate surface area is 303 Å². The lowest BCUT2D eigenvalue weighted by molar-refractivity contribution is 1.27. The average Bonchev–Trinajstić information content (AvgIpc) is 3.21. The minimum absolute atomic E-state index is 1.09. The molecule has 0 saturated carbocycles. The fraction of sp³-hybridized carbons (Fsp3) is 0. The highest BCUT2D eigenvalue weighted by Gasteiger charge is 2.22. The van der Waals surface area contributed by atoms with E-state index in [1.807, 2.05) is 0 Å². The maximum Gasteiger partial charge on any atom is 0.0561 e. The Hall–Kier alpha value is -6.90. The minimum Gasteiger partial charge on any atom is -0.310 e. The lowest BCUT2D eigenvalue weighted by Crippen LogP contribution is -2.14. The van der Waals surface area contributed by atoms with Crippen molar-refractivity contribution in [3.63, 3.8) is 0 Å². The largest absolute Gasteiger partial charge is 0.310 e. The molecule has 52 heavy (non-hydrogen) atoms. The van der Waals surface area contributed by atoms with Gasteiger partial charge in [0.1, 0.15) is 0 Å². The van der Waals surface area contributed by atoms with Gasteiger partial charge >= 0.3 is 0 Å². The van der Waals surface area contributed by atoms with Gasteiger partial charge in [-0.25, -0.2) is 0 Å². The number of anilines is 6. The number of hydrogen-bond acceptors (Lipinski definition) is 2. The molecule has 10 rings (SSSR count). The molecule has 0 spiro atoms. The summed E-state index contributed by atoms with van der Waals surface area (Å²) in [6.07, 6.45) is 0. The first-order valence-electron chi connectivity index (χ1n) is 17.8. The molecule has 0 atom stereocenters. The Morgan fingerprint density at radius 1 is 0.212 bits per heavy atom. The first kappa shape index (κ1) is 30.0. The van der Waals surface area contributed by atoms with E-state index < -0.39 is 0 Å². The molecule has 0 bridgehead atoms. The van der Waals surface area contributed by atoms with Gasteiger partial charge in [-0.2, -0.15) is 0 Å². The Balaban J connectivity index is 1.32. The second-order valence-corrected chi connectivity index (χ2v) is 13.4. The van der Waals surface area contributed by atoms with E-state index in [-0.39, 0.29) is 0 Å². The Bertz CT molecular complexity index is 2910. The summed E-state index contributed by atoms with van der Waals surface area (Å²) in [5, 5.41) is 12.3. The molecule has 2 heteroatoms. The fourth-order valence-electron chi connectivity index (χ4n) is 7.87. The van der Waals surface area contributed by atoms with Crippen molar-refractivity contribution in [3.05, 3.63) is 206 Å². The summed E-state index contributed by atoms with van der Waals surface area (Å²) in [6.45, 7) is 0. The second-order valence-electron chi connectivity index (χ2n) is 13.4. The molecular formula is C50H34N2. The van der Waals surface area contributed by atoms with E-state index in [9.17, 15) is 0 Å². The molecule has 0 aliphatic heterocycles. The van der Waals surface area contributed by atoms with Crippen LogP contribution in [0, 0.1) is 0 Å². The van der Waals surface area contributed by atoms with Crippen molar-refractivity contribution in [2.45, 2.75) is 0 Å². The topological polar surface area (TPSA) is 6.48 Å². The van der Waals surface area contributed by atoms with Crippen molar-refractivity contribution in [1.82, 2.24) is 0 Å². The van der Waals surface area contributed by atoms with Crippen molar-refractivity contribution < 1.29 is 0 Å². The van der Waals surface area contributed by atoms with Crippen LogP contribution in [0.15, 0.2) is 206 Å². The normalized spacial score (nSPS) is 11.5. The molecular weight excluding hydrogens is 629 g/mol. The van der Waals surface area contributed by atoms with Crippen molar-refractivity contribution in [3.8, 4) is 0 Å². The molecule has 0 aliphatic carbocycles. The molecule has 10 aromatic rings. The van der Waals surface area contributed by atoms with Gasteiger partial charge in [0, 0.05) is 33.8 Å². The lowest BCUT2D eigenvalue weighted by atomic mass is 9.95. The summed E-state index contributed by atoms with van der Waals surface area (Å²) >= 11 is 0. The van der Waals surface area contributed by atoms with Crippen LogP contribution in [-0.2, 0) is 0 Å². The monoisotopic (exact) mass is 662 g/mol. The first-order valence-corrected chi connectivity index (χ1v) is 17.8. The predicted octanol–water partition coefficient (Wildman–Crippen LogP) is 14.4. The van der Waals surface area contributed by atoms with E-state index in [4.69, 9.17) is 0 Å². The zero-order valence-electron chi connectivity index (χ0n) is 28.5. The van der Waals surface area contributed by atoms with E-state index >= 15 is 0 Å². The number of hydrogen-bond donors (Lipinski definition) is 0. The van der Waals surface area contributed by atoms with Crippen LogP contribution in [-0.4, -0.2) is 0 Å². The molecule has 0 unspecified atom stereocenters. The third kappa shape index (κ3) is 5.12. The standard InChI is InChI=1S/C50H34N2/c1-3-18-40(19-4-1)51(42-26-23-35-13-7-9-16-38(35)31-42)44-33-49-47-28-25-37-15-11-12-22-45(37)46(47)29-30-48(49)50(34-44)52(41-20-5-2-6-21-41)43-27-24-36-14-8-10-17-39(36)32-43/h1-34H. The Morgan fingerprint density at radius 2 is 0.673 bits per heavy atom. The summed E-state index contributed by atoms with van der Waals surface area (Å²) in [7, 11) is 0. The summed E-state index contributed by atoms with van der Waals surface area (Å²) < 4.78 is 0. The van der Waals surface area contributed by atoms with Crippen LogP contribution in [0.2, 0.25) is 0 Å². The van der Waals surface area contributed by atoms with Crippen LogP contribution in [0.5, 0.6) is 0 Å². The third-order valence-electron chi connectivity index (χ3n) is 10.3. The van der Waals surface area contributed by atoms with Gasteiger partial charge in [-0.15, -0.1) is 0 Å². The molecule has 2 nitrogen and oxygen atoms in total. The number of rotatable bonds is 6. The minimum atomic E-state index is 1.09. The van der Waals surface area contributed by atoms with E-state index in [1.165, 1.54) is 53.9 Å². The zero-order valence-corrected chi connectivity index (χ0v) is 28.5. The van der Waals surface area contributed by atoms with E-state index in [0.29, 0.717) is 0 Å². The molecule has 10 aromatic carbocycles. The summed E-state index contributed by atoms with van der Waals surface area (Å²) in [6, 6.07) is 75.0. The van der Waals surface area contributed by atoms with Gasteiger partial charge in [0.25, 0.3) is 0 Å². The first-order chi connectivity index (χ1) is 25.8. The smallest absolute Gasteiger partial charge is 0.0561 e. The number of nitrogens with zero attached hydrogens (tertiary/aromatic N) is 2. The van der Waals surface area contributed by atoms with Gasteiger partial charge in [0.05, 0.1) is 5.69 Å². The molecule has 244 valence electrons. The van der Waals surface area contributed by atoms with Crippen molar-refractivity contribution in [2.24, 2.45) is 0 Å². The van der Waals surface area contributed by atoms with Crippen LogP contribution in [0.4, 0.5) is 34.1 Å². The number of para-hydroxylation sites is 2. The molecule has 0 heterocycles. The molecule has 0 aromatic heterocycles. The Kier molecular flexibility index (Phi) is 7.18. The Morgan fingerprint density at radius 3 is 1.33 bits per heavy atom. The fourth-order valence-corrected chi connectivity index (χ4v) is 7.87. The summed E-state index contributed by atoms with van der Waals surface area (Å²) in [4.78, 5) is 4.83. The van der Waals surface area contributed by atoms with Crippen LogP contribution >= 0.6 is 0 Å². The second kappa shape index (κ2) is 12.5. The molecule has 0 aliphatic rings. The summed E-state index contributed by atoms with van der Waals surface area (Å²) in [5.74, 6) is 0. The molecule has 0 saturated heterocycles. The van der Waals surface area contributed by atoms with Gasteiger partial charge in [0.2, 0.25) is 0 Å². The van der Waals surface area contributed by atoms with Crippen molar-refractivity contribution in [2.75, 3.05) is 9.80 Å². The van der Waals surface area contributed by atoms with Crippen LogP contribution in [0.3, 0.4) is 0 Å². The quantitative estimate of drug-likeness (QED) is 0.164. The highest BCUT2D eigenvalue weighted by molar-refractivity contribution is 6.20. The van der Waals surface area contributed by atoms with Crippen LogP contribution in [0.1, 0.15) is 0 Å². The molecule has 0 radical (unpaired) electrons. The van der Waals surface area contributed by atoms with E-state index in [2.05, 4.69) is 216 Å². The molecule has 0 amide bonds. The van der Waals surface area contributed by atoms with Crippen LogP contribution in [0.25, 0.3) is 53.9 Å². The maximum atomic E-state index is 2.43. The SMILES string of the molecule is c1ccc(N(c2ccc3ccccc3c2)c2cc(N(c3ccccc3)c3ccc4ccccc4c3)c3ccc4c5ccccc5ccc4c3c2)cc1. The molecule has 0 fully saturated rings. The zero-order chi connectivity index (χ0) is 34.4. The van der Waals surface area contributed by atoms with Gasteiger partial charge < -0.3 is 9.80 Å². The molecule has 0 N–H and O–H groups in total. The van der Waals surface area contributed by atoms with Gasteiger partial charge in [-0.3, -0.25) is 0 Å². The lowest BCUT2D eigenvalue weighted by Gasteiger charge is -2.31. The number of fused-ring (bicyclic) bond motifs is 7. The van der Waals surface area contributed by atoms with Gasteiger partial charge in [-0.1, -0.05) is 146 Å². The van der Waals surface area contributed by atoms with Gasteiger partial charge in [-0.05, 0) is 109 Å². The van der Waals surface area contributed by atoms with Crippen molar-refractivity contribution in [1.29, 1.82) is 0 Å². The predicted molar refractivity (Wildman–Crippen MR) is 223 cm³/mol. The van der Waals surface area contributed by atoms with Crippen molar-refractivity contribution >= 4 is 88.0 Å².